The van der Waals surface area contributed by atoms with Crippen LogP contribution in [0, 0.1) is 0 Å². The minimum atomic E-state index is 0.376. The Kier molecular flexibility index (Phi) is 3.75. The summed E-state index contributed by atoms with van der Waals surface area (Å²) in [5.74, 6) is 1.38. The highest BCUT2D eigenvalue weighted by molar-refractivity contribution is 7.18. The predicted octanol–water partition coefficient (Wildman–Crippen LogP) is 2.36. The van der Waals surface area contributed by atoms with Crippen molar-refractivity contribution in [3.63, 3.8) is 0 Å². The lowest BCUT2D eigenvalue weighted by atomic mass is 10.1. The monoisotopic (exact) mass is 305 g/mol. The number of hydrogen-bond acceptors (Lipinski definition) is 6. The fourth-order valence-electron chi connectivity index (χ4n) is 2.97. The number of hydrogen-bond donors (Lipinski definition) is 1. The molecule has 0 aliphatic carbocycles. The summed E-state index contributed by atoms with van der Waals surface area (Å²) in [6.45, 7) is 8.64. The van der Waals surface area contributed by atoms with E-state index in [-0.39, 0.29) is 0 Å². The number of likely N-dealkylation sites (N-methyl/N-ethyl adjacent to an activating group) is 1. The number of nitrogens with two attached hydrogens (primary N) is 1. The second-order valence-corrected chi connectivity index (χ2v) is 7.07. The van der Waals surface area contributed by atoms with Crippen LogP contribution in [-0.4, -0.2) is 47.1 Å². The third kappa shape index (κ3) is 2.58. The topological polar surface area (TPSA) is 58.3 Å². The van der Waals surface area contributed by atoms with E-state index in [2.05, 4.69) is 53.7 Å². The second kappa shape index (κ2) is 5.42. The van der Waals surface area contributed by atoms with Gasteiger partial charge in [0.15, 0.2) is 0 Å². The van der Waals surface area contributed by atoms with Crippen molar-refractivity contribution in [1.29, 1.82) is 0 Å². The van der Waals surface area contributed by atoms with Crippen LogP contribution >= 0.6 is 11.3 Å². The molecule has 1 aliphatic rings. The smallest absolute Gasteiger partial charge is 0.223 e. The lowest BCUT2D eigenvalue weighted by Gasteiger charge is -2.43. The van der Waals surface area contributed by atoms with Gasteiger partial charge in [-0.3, -0.25) is 4.90 Å². The van der Waals surface area contributed by atoms with E-state index < -0.39 is 0 Å². The van der Waals surface area contributed by atoms with Gasteiger partial charge in [-0.2, -0.15) is 4.98 Å². The summed E-state index contributed by atoms with van der Waals surface area (Å²) in [7, 11) is 2.19. The van der Waals surface area contributed by atoms with E-state index in [0.29, 0.717) is 18.0 Å². The molecule has 3 rings (SSSR count). The summed E-state index contributed by atoms with van der Waals surface area (Å²) < 4.78 is 0. The molecule has 1 saturated heterocycles. The average Bonchev–Trinajstić information content (AvgIpc) is 2.86. The minimum Gasteiger partial charge on any atom is -0.368 e. The Bertz CT molecular complexity index is 641. The zero-order valence-corrected chi connectivity index (χ0v) is 13.9. The highest BCUT2D eigenvalue weighted by Gasteiger charge is 2.28. The molecule has 0 saturated carbocycles. The number of piperazine rings is 1. The highest BCUT2D eigenvalue weighted by Crippen LogP contribution is 2.33. The van der Waals surface area contributed by atoms with Crippen molar-refractivity contribution in [2.45, 2.75) is 39.3 Å². The summed E-state index contributed by atoms with van der Waals surface area (Å²) in [6, 6.07) is 3.23. The Hall–Kier alpha value is -1.40. The maximum atomic E-state index is 5.93. The Balaban J connectivity index is 2.05. The molecule has 2 atom stereocenters. The number of fused-ring (bicyclic) bond motifs is 1. The average molecular weight is 305 g/mol. The molecule has 0 amide bonds. The van der Waals surface area contributed by atoms with Gasteiger partial charge >= 0.3 is 0 Å². The Labute approximate surface area is 129 Å². The SMILES string of the molecule is CCc1cc2c(N3CC(C)N(C)C(C)C3)nc(N)nc2s1. The van der Waals surface area contributed by atoms with Gasteiger partial charge in [-0.1, -0.05) is 6.92 Å². The molecular formula is C15H23N5S. The largest absolute Gasteiger partial charge is 0.368 e. The van der Waals surface area contributed by atoms with Crippen LogP contribution in [0.25, 0.3) is 10.2 Å². The third-order valence-corrected chi connectivity index (χ3v) is 5.62. The summed E-state index contributed by atoms with van der Waals surface area (Å²) in [5, 5.41) is 1.15. The summed E-state index contributed by atoms with van der Waals surface area (Å²) in [4.78, 5) is 16.1. The van der Waals surface area contributed by atoms with Crippen LogP contribution in [0.1, 0.15) is 25.6 Å². The van der Waals surface area contributed by atoms with E-state index in [1.807, 2.05) is 0 Å². The third-order valence-electron chi connectivity index (χ3n) is 4.45. The van der Waals surface area contributed by atoms with Crippen molar-refractivity contribution >= 4 is 33.3 Å². The molecule has 0 spiro atoms. The van der Waals surface area contributed by atoms with Gasteiger partial charge in [0, 0.05) is 30.1 Å². The molecule has 21 heavy (non-hydrogen) atoms. The Morgan fingerprint density at radius 1 is 1.29 bits per heavy atom. The maximum Gasteiger partial charge on any atom is 0.223 e. The number of nitrogen functional groups attached to an aromatic ring is 1. The van der Waals surface area contributed by atoms with E-state index in [1.165, 1.54) is 4.88 Å². The molecule has 3 heterocycles. The molecular weight excluding hydrogens is 282 g/mol. The number of aromatic nitrogens is 2. The molecule has 6 heteroatoms. The van der Waals surface area contributed by atoms with Gasteiger partial charge in [-0.05, 0) is 33.4 Å². The molecule has 2 N–H and O–H groups in total. The van der Waals surface area contributed by atoms with Gasteiger partial charge in [0.05, 0.1) is 5.39 Å². The van der Waals surface area contributed by atoms with Crippen LogP contribution in [0.3, 0.4) is 0 Å². The van der Waals surface area contributed by atoms with Crippen LogP contribution in [0.5, 0.6) is 0 Å². The lowest BCUT2D eigenvalue weighted by Crippen LogP contribution is -2.55. The van der Waals surface area contributed by atoms with Gasteiger partial charge < -0.3 is 10.6 Å². The quantitative estimate of drug-likeness (QED) is 0.923. The lowest BCUT2D eigenvalue weighted by molar-refractivity contribution is 0.170. The van der Waals surface area contributed by atoms with Crippen molar-refractivity contribution < 1.29 is 0 Å². The normalized spacial score (nSPS) is 23.9. The van der Waals surface area contributed by atoms with Gasteiger partial charge in [-0.25, -0.2) is 4.98 Å². The van der Waals surface area contributed by atoms with Crippen LogP contribution in [0.4, 0.5) is 11.8 Å². The molecule has 114 valence electrons. The number of rotatable bonds is 2. The van der Waals surface area contributed by atoms with Crippen LogP contribution in [0.15, 0.2) is 6.07 Å². The van der Waals surface area contributed by atoms with E-state index in [1.54, 1.807) is 11.3 Å². The first kappa shape index (κ1) is 14.5. The molecule has 2 aromatic rings. The number of nitrogens with zero attached hydrogens (tertiary/aromatic N) is 4. The molecule has 0 aromatic carbocycles. The van der Waals surface area contributed by atoms with Crippen molar-refractivity contribution in [3.05, 3.63) is 10.9 Å². The number of aryl methyl sites for hydroxylation is 1. The van der Waals surface area contributed by atoms with E-state index in [4.69, 9.17) is 5.73 Å². The molecule has 5 nitrogen and oxygen atoms in total. The molecule has 1 fully saturated rings. The minimum absolute atomic E-state index is 0.376. The van der Waals surface area contributed by atoms with Crippen LogP contribution < -0.4 is 10.6 Å². The molecule has 2 aromatic heterocycles. The van der Waals surface area contributed by atoms with E-state index in [0.717, 1.165) is 35.5 Å². The Morgan fingerprint density at radius 2 is 1.95 bits per heavy atom. The highest BCUT2D eigenvalue weighted by atomic mass is 32.1. The first-order valence-electron chi connectivity index (χ1n) is 7.52. The number of thiophene rings is 1. The van der Waals surface area contributed by atoms with Crippen molar-refractivity contribution in [1.82, 2.24) is 14.9 Å². The van der Waals surface area contributed by atoms with Crippen molar-refractivity contribution in [2.24, 2.45) is 0 Å². The molecule has 1 aliphatic heterocycles. The first-order chi connectivity index (χ1) is 9.99. The zero-order valence-electron chi connectivity index (χ0n) is 13.1. The van der Waals surface area contributed by atoms with Crippen molar-refractivity contribution in [3.8, 4) is 0 Å². The molecule has 2 unspecified atom stereocenters. The van der Waals surface area contributed by atoms with E-state index >= 15 is 0 Å². The fraction of sp³-hybridized carbons (Fsp3) is 0.600. The Morgan fingerprint density at radius 3 is 2.57 bits per heavy atom. The van der Waals surface area contributed by atoms with Crippen molar-refractivity contribution in [2.75, 3.05) is 30.8 Å². The number of anilines is 2. The second-order valence-electron chi connectivity index (χ2n) is 5.96. The molecule has 0 bridgehead atoms. The van der Waals surface area contributed by atoms with Gasteiger partial charge in [0.2, 0.25) is 5.95 Å². The van der Waals surface area contributed by atoms with Gasteiger partial charge in [-0.15, -0.1) is 11.3 Å². The van der Waals surface area contributed by atoms with Gasteiger partial charge in [0.1, 0.15) is 10.6 Å². The summed E-state index contributed by atoms with van der Waals surface area (Å²) >= 11 is 1.72. The van der Waals surface area contributed by atoms with E-state index in [9.17, 15) is 0 Å². The summed E-state index contributed by atoms with van der Waals surface area (Å²) in [5.41, 5.74) is 5.93. The van der Waals surface area contributed by atoms with Crippen LogP contribution in [0.2, 0.25) is 0 Å². The maximum absolute atomic E-state index is 5.93. The zero-order chi connectivity index (χ0) is 15.1. The summed E-state index contributed by atoms with van der Waals surface area (Å²) in [6.07, 6.45) is 1.02. The van der Waals surface area contributed by atoms with Crippen LogP contribution in [-0.2, 0) is 6.42 Å². The fourth-order valence-corrected chi connectivity index (χ4v) is 3.93. The molecule has 0 radical (unpaired) electrons. The standard InChI is InChI=1S/C15H23N5S/c1-5-11-6-12-13(17-15(16)18-14(12)21-11)20-7-9(2)19(4)10(3)8-20/h6,9-10H,5,7-8H2,1-4H3,(H2,16,17,18). The first-order valence-corrected chi connectivity index (χ1v) is 8.34. The predicted molar refractivity (Wildman–Crippen MR) is 90.1 cm³/mol. The van der Waals surface area contributed by atoms with Gasteiger partial charge in [0.25, 0.3) is 0 Å².